The molecule has 0 atom stereocenters. The molecule has 0 spiro atoms. The predicted octanol–water partition coefficient (Wildman–Crippen LogP) is 1.01. The van der Waals surface area contributed by atoms with Crippen molar-refractivity contribution < 1.29 is 9.94 Å². The van der Waals surface area contributed by atoms with Gasteiger partial charge in [0.15, 0.2) is 11.0 Å². The van der Waals surface area contributed by atoms with Crippen molar-refractivity contribution in [1.82, 2.24) is 9.97 Å². The lowest BCUT2D eigenvalue weighted by Gasteiger charge is -2.04. The van der Waals surface area contributed by atoms with Crippen LogP contribution < -0.4 is 5.73 Å². The molecule has 0 fully saturated rings. The highest BCUT2D eigenvalue weighted by atomic mass is 32.2. The molecule has 3 N–H and O–H groups in total. The molecule has 0 aromatic carbocycles. The first-order valence-electron chi connectivity index (χ1n) is 5.12. The molecule has 0 saturated carbocycles. The van der Waals surface area contributed by atoms with Gasteiger partial charge in [-0.15, -0.1) is 0 Å². The van der Waals surface area contributed by atoms with E-state index in [-0.39, 0.29) is 5.84 Å². The second-order valence-corrected chi connectivity index (χ2v) is 4.42. The third-order valence-electron chi connectivity index (χ3n) is 1.93. The summed E-state index contributed by atoms with van der Waals surface area (Å²) in [7, 11) is 1.67. The summed E-state index contributed by atoms with van der Waals surface area (Å²) in [5.74, 6) is 0.863. The fourth-order valence-corrected chi connectivity index (χ4v) is 1.97. The van der Waals surface area contributed by atoms with E-state index in [2.05, 4.69) is 15.1 Å². The Morgan fingerprint density at radius 1 is 1.59 bits per heavy atom. The van der Waals surface area contributed by atoms with Gasteiger partial charge in [0.1, 0.15) is 5.69 Å². The molecule has 0 unspecified atom stereocenters. The molecule has 1 rings (SSSR count). The molecule has 1 aromatic rings. The highest BCUT2D eigenvalue weighted by molar-refractivity contribution is 7.99. The number of hydrogen-bond acceptors (Lipinski definition) is 6. The first kappa shape index (κ1) is 13.7. The Labute approximate surface area is 104 Å². The normalized spacial score (nSPS) is 11.8. The lowest BCUT2D eigenvalue weighted by atomic mass is 10.3. The third-order valence-corrected chi connectivity index (χ3v) is 2.86. The topological polar surface area (TPSA) is 93.6 Å². The molecule has 94 valence electrons. The van der Waals surface area contributed by atoms with Crippen molar-refractivity contribution in [2.24, 2.45) is 10.9 Å². The standard InChI is InChI=1S/C10H16N4O2S/c1-7-6-8(9(11)14-15)13-10(12-7)17-5-3-4-16-2/h6,15H,3-5H2,1-2H3,(H2,11,14). The Bertz CT molecular complexity index is 398. The molecule has 0 radical (unpaired) electrons. The quantitative estimate of drug-likeness (QED) is 0.150. The predicted molar refractivity (Wildman–Crippen MR) is 66.5 cm³/mol. The maximum atomic E-state index is 8.60. The van der Waals surface area contributed by atoms with Crippen molar-refractivity contribution in [2.45, 2.75) is 18.5 Å². The summed E-state index contributed by atoms with van der Waals surface area (Å²) >= 11 is 1.52. The number of nitrogens with two attached hydrogens (primary N) is 1. The van der Waals surface area contributed by atoms with Crippen LogP contribution in [0.1, 0.15) is 17.8 Å². The summed E-state index contributed by atoms with van der Waals surface area (Å²) in [4.78, 5) is 8.46. The van der Waals surface area contributed by atoms with Crippen molar-refractivity contribution >= 4 is 17.6 Å². The number of ether oxygens (including phenoxy) is 1. The molecule has 0 aliphatic rings. The number of nitrogens with zero attached hydrogens (tertiary/aromatic N) is 3. The van der Waals surface area contributed by atoms with Crippen LogP contribution in [0.4, 0.5) is 0 Å². The summed E-state index contributed by atoms with van der Waals surface area (Å²) in [6, 6.07) is 1.67. The largest absolute Gasteiger partial charge is 0.409 e. The van der Waals surface area contributed by atoms with E-state index in [0.29, 0.717) is 17.5 Å². The van der Waals surface area contributed by atoms with Crippen molar-refractivity contribution in [2.75, 3.05) is 19.5 Å². The zero-order valence-electron chi connectivity index (χ0n) is 9.88. The van der Waals surface area contributed by atoms with E-state index in [9.17, 15) is 0 Å². The molecule has 0 bridgehead atoms. The van der Waals surface area contributed by atoms with Crippen LogP contribution in [0.2, 0.25) is 0 Å². The van der Waals surface area contributed by atoms with Gasteiger partial charge in [0.25, 0.3) is 0 Å². The molecule has 0 amide bonds. The fraction of sp³-hybridized carbons (Fsp3) is 0.500. The van der Waals surface area contributed by atoms with Crippen LogP contribution in [0, 0.1) is 6.92 Å². The fourth-order valence-electron chi connectivity index (χ4n) is 1.16. The van der Waals surface area contributed by atoms with Crippen molar-refractivity contribution in [3.05, 3.63) is 17.5 Å². The first-order valence-corrected chi connectivity index (χ1v) is 6.11. The van der Waals surface area contributed by atoms with Crippen LogP contribution in [0.3, 0.4) is 0 Å². The molecular formula is C10H16N4O2S. The van der Waals surface area contributed by atoms with Gasteiger partial charge in [-0.2, -0.15) is 0 Å². The van der Waals surface area contributed by atoms with Crippen LogP contribution in [0.25, 0.3) is 0 Å². The van der Waals surface area contributed by atoms with Crippen molar-refractivity contribution in [1.29, 1.82) is 0 Å². The van der Waals surface area contributed by atoms with Gasteiger partial charge >= 0.3 is 0 Å². The maximum absolute atomic E-state index is 8.60. The van der Waals surface area contributed by atoms with Crippen LogP contribution in [-0.4, -0.2) is 40.5 Å². The Balaban J connectivity index is 2.69. The minimum Gasteiger partial charge on any atom is -0.409 e. The van der Waals surface area contributed by atoms with Crippen LogP contribution in [0.5, 0.6) is 0 Å². The van der Waals surface area contributed by atoms with Gasteiger partial charge in [-0.05, 0) is 19.4 Å². The summed E-state index contributed by atoms with van der Waals surface area (Å²) in [5, 5.41) is 12.1. The molecule has 6 nitrogen and oxygen atoms in total. The summed E-state index contributed by atoms with van der Waals surface area (Å²) in [6.07, 6.45) is 0.928. The Kier molecular flexibility index (Phi) is 5.71. The van der Waals surface area contributed by atoms with E-state index in [1.165, 1.54) is 11.8 Å². The van der Waals surface area contributed by atoms with Crippen LogP contribution in [-0.2, 0) is 4.74 Å². The molecule has 1 heterocycles. The van der Waals surface area contributed by atoms with Gasteiger partial charge in [-0.3, -0.25) is 0 Å². The monoisotopic (exact) mass is 256 g/mol. The molecule has 0 aliphatic heterocycles. The first-order chi connectivity index (χ1) is 8.17. The smallest absolute Gasteiger partial charge is 0.188 e. The maximum Gasteiger partial charge on any atom is 0.188 e. The zero-order chi connectivity index (χ0) is 12.7. The molecule has 7 heteroatoms. The summed E-state index contributed by atoms with van der Waals surface area (Å²) in [6.45, 7) is 2.56. The SMILES string of the molecule is COCCCSc1nc(C)cc(/C(N)=N/O)n1. The van der Waals surface area contributed by atoms with Crippen LogP contribution >= 0.6 is 11.8 Å². The minimum absolute atomic E-state index is 0.00533. The molecular weight excluding hydrogens is 240 g/mol. The number of oxime groups is 1. The number of hydrogen-bond donors (Lipinski definition) is 2. The molecule has 1 aromatic heterocycles. The number of thioether (sulfide) groups is 1. The lowest BCUT2D eigenvalue weighted by molar-refractivity contribution is 0.200. The summed E-state index contributed by atoms with van der Waals surface area (Å²) < 4.78 is 4.96. The summed E-state index contributed by atoms with van der Waals surface area (Å²) in [5.41, 5.74) is 6.72. The minimum atomic E-state index is -0.00533. The van der Waals surface area contributed by atoms with Gasteiger partial charge in [-0.25, -0.2) is 9.97 Å². The molecule has 0 aliphatic carbocycles. The van der Waals surface area contributed by atoms with E-state index in [1.54, 1.807) is 13.2 Å². The highest BCUT2D eigenvalue weighted by Gasteiger charge is 2.06. The Morgan fingerprint density at radius 3 is 3.00 bits per heavy atom. The van der Waals surface area contributed by atoms with Gasteiger partial charge in [-0.1, -0.05) is 16.9 Å². The number of aromatic nitrogens is 2. The van der Waals surface area contributed by atoms with Crippen molar-refractivity contribution in [3.8, 4) is 0 Å². The van der Waals surface area contributed by atoms with E-state index in [4.69, 9.17) is 15.7 Å². The number of amidine groups is 1. The van der Waals surface area contributed by atoms with E-state index in [1.807, 2.05) is 6.92 Å². The number of rotatable bonds is 6. The van der Waals surface area contributed by atoms with Gasteiger partial charge in [0.05, 0.1) is 0 Å². The average Bonchev–Trinajstić information content (AvgIpc) is 2.33. The second kappa shape index (κ2) is 7.08. The lowest BCUT2D eigenvalue weighted by Crippen LogP contribution is -2.16. The van der Waals surface area contributed by atoms with E-state index >= 15 is 0 Å². The molecule has 17 heavy (non-hydrogen) atoms. The Morgan fingerprint density at radius 2 is 2.35 bits per heavy atom. The van der Waals surface area contributed by atoms with E-state index < -0.39 is 0 Å². The van der Waals surface area contributed by atoms with E-state index in [0.717, 1.165) is 17.9 Å². The zero-order valence-corrected chi connectivity index (χ0v) is 10.7. The second-order valence-electron chi connectivity index (χ2n) is 3.36. The third kappa shape index (κ3) is 4.58. The highest BCUT2D eigenvalue weighted by Crippen LogP contribution is 2.15. The van der Waals surface area contributed by atoms with Gasteiger partial charge in [0, 0.05) is 25.2 Å². The van der Waals surface area contributed by atoms with Gasteiger partial charge < -0.3 is 15.7 Å². The number of methoxy groups -OCH3 is 1. The van der Waals surface area contributed by atoms with Crippen molar-refractivity contribution in [3.63, 3.8) is 0 Å². The number of aryl methyl sites for hydroxylation is 1. The average molecular weight is 256 g/mol. The van der Waals surface area contributed by atoms with Gasteiger partial charge in [0.2, 0.25) is 0 Å². The van der Waals surface area contributed by atoms with Crippen LogP contribution in [0.15, 0.2) is 16.4 Å². The molecule has 0 saturated heterocycles. The Hall–Kier alpha value is -1.34.